The van der Waals surface area contributed by atoms with Crippen LogP contribution in [0.25, 0.3) is 0 Å². The van der Waals surface area contributed by atoms with E-state index in [2.05, 4.69) is 0 Å². The van der Waals surface area contributed by atoms with Crippen LogP contribution in [0.5, 0.6) is 0 Å². The molecule has 0 heterocycles. The Labute approximate surface area is 108 Å². The lowest BCUT2D eigenvalue weighted by molar-refractivity contribution is -0.139. The summed E-state index contributed by atoms with van der Waals surface area (Å²) in [5, 5.41) is 8.68. The molecule has 0 aliphatic heterocycles. The van der Waals surface area contributed by atoms with Crippen LogP contribution < -0.4 is 0 Å². The Kier molecular flexibility index (Phi) is 4.34. The van der Waals surface area contributed by atoms with Crippen LogP contribution >= 0.6 is 0 Å². The Morgan fingerprint density at radius 1 is 1.11 bits per heavy atom. The fraction of sp³-hybridized carbons (Fsp3) is 0.385. The zero-order valence-corrected chi connectivity index (χ0v) is 10.5. The minimum Gasteiger partial charge on any atom is -0.481 e. The second kappa shape index (κ2) is 5.42. The van der Waals surface area contributed by atoms with Crippen LogP contribution in [0.1, 0.15) is 37.0 Å². The normalized spacial score (nSPS) is 11.4. The van der Waals surface area contributed by atoms with Gasteiger partial charge < -0.3 is 5.11 Å². The maximum atomic E-state index is 13.0. The number of Topliss-reactive ketones (excluding diaryl/α,β-unsaturated/α-hetero) is 1. The van der Waals surface area contributed by atoms with Crippen molar-refractivity contribution in [1.82, 2.24) is 0 Å². The molecule has 1 rings (SSSR count). The van der Waals surface area contributed by atoms with Gasteiger partial charge in [-0.05, 0) is 17.5 Å². The number of rotatable bonds is 5. The zero-order valence-electron chi connectivity index (χ0n) is 10.5. The van der Waals surface area contributed by atoms with Crippen molar-refractivity contribution in [2.75, 3.05) is 0 Å². The summed E-state index contributed by atoms with van der Waals surface area (Å²) in [4.78, 5) is 22.4. The second-order valence-corrected chi connectivity index (χ2v) is 5.09. The molecule has 0 bridgehead atoms. The number of hydrogen-bond acceptors (Lipinski definition) is 2. The monoisotopic (exact) mass is 274 g/mol. The molecule has 6 heteroatoms. The van der Waals surface area contributed by atoms with E-state index in [0.29, 0.717) is 12.1 Å². The standard InChI is InChI=1S/C13H13F3O3/c1-13(2,6-11(18)19)5-10(17)7-3-8(14)12(16)9(15)4-7/h3-4H,5-6H2,1-2H3,(H,18,19). The smallest absolute Gasteiger partial charge is 0.303 e. The van der Waals surface area contributed by atoms with Gasteiger partial charge in [-0.25, -0.2) is 13.2 Å². The van der Waals surface area contributed by atoms with Crippen LogP contribution in [-0.2, 0) is 4.79 Å². The molecule has 104 valence electrons. The summed E-state index contributed by atoms with van der Waals surface area (Å²) >= 11 is 0. The molecule has 0 saturated heterocycles. The van der Waals surface area contributed by atoms with E-state index in [1.165, 1.54) is 0 Å². The van der Waals surface area contributed by atoms with Gasteiger partial charge in [-0.3, -0.25) is 9.59 Å². The first-order valence-electron chi connectivity index (χ1n) is 5.52. The summed E-state index contributed by atoms with van der Waals surface area (Å²) in [7, 11) is 0. The fourth-order valence-electron chi connectivity index (χ4n) is 1.73. The zero-order chi connectivity index (χ0) is 14.8. The Morgan fingerprint density at radius 2 is 1.58 bits per heavy atom. The molecule has 0 aliphatic rings. The largest absolute Gasteiger partial charge is 0.481 e. The van der Waals surface area contributed by atoms with Crippen molar-refractivity contribution in [3.05, 3.63) is 35.1 Å². The first kappa shape index (κ1) is 15.2. The van der Waals surface area contributed by atoms with E-state index in [9.17, 15) is 22.8 Å². The molecule has 0 radical (unpaired) electrons. The van der Waals surface area contributed by atoms with Crippen LogP contribution in [0.3, 0.4) is 0 Å². The minimum atomic E-state index is -1.64. The van der Waals surface area contributed by atoms with Crippen molar-refractivity contribution in [1.29, 1.82) is 0 Å². The number of aliphatic carboxylic acids is 1. The number of carboxylic acids is 1. The number of benzene rings is 1. The highest BCUT2D eigenvalue weighted by atomic mass is 19.2. The molecule has 19 heavy (non-hydrogen) atoms. The van der Waals surface area contributed by atoms with Crippen LogP contribution in [0.4, 0.5) is 13.2 Å². The molecule has 1 aromatic carbocycles. The number of carbonyl (C=O) groups excluding carboxylic acids is 1. The maximum Gasteiger partial charge on any atom is 0.303 e. The molecule has 0 spiro atoms. The Bertz CT molecular complexity index is 501. The predicted molar refractivity (Wildman–Crippen MR) is 61.3 cm³/mol. The average Bonchev–Trinajstić information content (AvgIpc) is 2.22. The van der Waals surface area contributed by atoms with E-state index in [0.717, 1.165) is 0 Å². The van der Waals surface area contributed by atoms with E-state index in [1.54, 1.807) is 13.8 Å². The topological polar surface area (TPSA) is 54.4 Å². The van der Waals surface area contributed by atoms with Crippen molar-refractivity contribution in [2.24, 2.45) is 5.41 Å². The van der Waals surface area contributed by atoms with Gasteiger partial charge in [0.05, 0.1) is 6.42 Å². The summed E-state index contributed by atoms with van der Waals surface area (Å²) in [6.45, 7) is 3.10. The molecule has 0 amide bonds. The third-order valence-corrected chi connectivity index (χ3v) is 2.57. The molecule has 0 saturated carbocycles. The molecule has 1 aromatic rings. The predicted octanol–water partition coefficient (Wildman–Crippen LogP) is 3.18. The van der Waals surface area contributed by atoms with Gasteiger partial charge in [0.1, 0.15) is 0 Å². The van der Waals surface area contributed by atoms with Gasteiger partial charge >= 0.3 is 5.97 Å². The average molecular weight is 274 g/mol. The van der Waals surface area contributed by atoms with E-state index in [1.807, 2.05) is 0 Å². The molecule has 0 unspecified atom stereocenters. The van der Waals surface area contributed by atoms with E-state index >= 15 is 0 Å². The number of halogens is 3. The highest BCUT2D eigenvalue weighted by molar-refractivity contribution is 5.96. The van der Waals surface area contributed by atoms with E-state index < -0.39 is 34.6 Å². The lowest BCUT2D eigenvalue weighted by Gasteiger charge is -2.21. The third kappa shape index (κ3) is 4.08. The highest BCUT2D eigenvalue weighted by Crippen LogP contribution is 2.27. The number of carboxylic acid groups (broad SMARTS) is 1. The third-order valence-electron chi connectivity index (χ3n) is 2.57. The molecule has 0 atom stereocenters. The molecule has 1 N–H and O–H groups in total. The van der Waals surface area contributed by atoms with Crippen molar-refractivity contribution >= 4 is 11.8 Å². The first-order chi connectivity index (χ1) is 8.62. The van der Waals surface area contributed by atoms with Gasteiger partial charge in [-0.2, -0.15) is 0 Å². The molecule has 0 aliphatic carbocycles. The van der Waals surface area contributed by atoms with Crippen LogP contribution in [0, 0.1) is 22.9 Å². The summed E-state index contributed by atoms with van der Waals surface area (Å²) < 4.78 is 38.7. The summed E-state index contributed by atoms with van der Waals surface area (Å²) in [6.07, 6.45) is -0.464. The van der Waals surface area contributed by atoms with Crippen LogP contribution in [0.2, 0.25) is 0 Å². The van der Waals surface area contributed by atoms with Crippen molar-refractivity contribution < 1.29 is 27.9 Å². The number of carbonyl (C=O) groups is 2. The van der Waals surface area contributed by atoms with Crippen molar-refractivity contribution in [3.63, 3.8) is 0 Å². The van der Waals surface area contributed by atoms with Gasteiger partial charge in [-0.15, -0.1) is 0 Å². The van der Waals surface area contributed by atoms with Gasteiger partial charge in [0.2, 0.25) is 0 Å². The quantitative estimate of drug-likeness (QED) is 0.662. The number of hydrogen-bond donors (Lipinski definition) is 1. The van der Waals surface area contributed by atoms with Crippen molar-refractivity contribution in [3.8, 4) is 0 Å². The molecule has 3 nitrogen and oxygen atoms in total. The highest BCUT2D eigenvalue weighted by Gasteiger charge is 2.26. The molecular formula is C13H13F3O3. The van der Waals surface area contributed by atoms with E-state index in [-0.39, 0.29) is 18.4 Å². The SMILES string of the molecule is CC(C)(CC(=O)O)CC(=O)c1cc(F)c(F)c(F)c1. The second-order valence-electron chi connectivity index (χ2n) is 5.09. The maximum absolute atomic E-state index is 13.0. The lowest BCUT2D eigenvalue weighted by Crippen LogP contribution is -2.21. The summed E-state index contributed by atoms with van der Waals surface area (Å²) in [5.41, 5.74) is -1.17. The Morgan fingerprint density at radius 3 is 2.00 bits per heavy atom. The Balaban J connectivity index is 2.93. The number of ketones is 1. The first-order valence-corrected chi connectivity index (χ1v) is 5.52. The molecule has 0 fully saturated rings. The summed E-state index contributed by atoms with van der Waals surface area (Å²) in [6, 6.07) is 1.22. The van der Waals surface area contributed by atoms with Gasteiger partial charge in [0.15, 0.2) is 23.2 Å². The summed E-state index contributed by atoms with van der Waals surface area (Å²) in [5.74, 6) is -6.24. The van der Waals surface area contributed by atoms with Gasteiger partial charge in [0.25, 0.3) is 0 Å². The van der Waals surface area contributed by atoms with Crippen molar-refractivity contribution in [2.45, 2.75) is 26.7 Å². The minimum absolute atomic E-state index is 0.205. The van der Waals surface area contributed by atoms with Gasteiger partial charge in [0, 0.05) is 12.0 Å². The van der Waals surface area contributed by atoms with Crippen LogP contribution in [0.15, 0.2) is 12.1 Å². The lowest BCUT2D eigenvalue weighted by atomic mass is 9.82. The van der Waals surface area contributed by atoms with E-state index in [4.69, 9.17) is 5.11 Å². The fourth-order valence-corrected chi connectivity index (χ4v) is 1.73. The molecular weight excluding hydrogens is 261 g/mol. The van der Waals surface area contributed by atoms with Crippen LogP contribution in [-0.4, -0.2) is 16.9 Å². The molecule has 0 aromatic heterocycles. The Hall–Kier alpha value is -1.85. The van der Waals surface area contributed by atoms with Gasteiger partial charge in [-0.1, -0.05) is 13.8 Å².